The molecule has 2 unspecified atom stereocenters. The number of carbonyl (C=O) groups is 1. The van der Waals surface area contributed by atoms with E-state index in [1.807, 2.05) is 13.8 Å². The first-order chi connectivity index (χ1) is 12.6. The van der Waals surface area contributed by atoms with Gasteiger partial charge in [0.15, 0.2) is 0 Å². The third-order valence-electron chi connectivity index (χ3n) is 4.34. The summed E-state index contributed by atoms with van der Waals surface area (Å²) >= 11 is 5.62. The predicted molar refractivity (Wildman–Crippen MR) is 91.1 cm³/mol. The maximum absolute atomic E-state index is 13.3. The second-order valence-corrected chi connectivity index (χ2v) is 6.42. The van der Waals surface area contributed by atoms with Gasteiger partial charge in [0.2, 0.25) is 5.91 Å². The smallest absolute Gasteiger partial charge is 0.283 e. The number of carbonyl (C=O) groups excluding carboxylic acids is 1. The number of halogens is 5. The van der Waals surface area contributed by atoms with Crippen molar-refractivity contribution >= 4 is 17.5 Å². The van der Waals surface area contributed by atoms with Crippen molar-refractivity contribution in [1.29, 1.82) is 0 Å². The molecule has 0 radical (unpaired) electrons. The van der Waals surface area contributed by atoms with Gasteiger partial charge in [-0.25, -0.2) is 22.2 Å². The maximum Gasteiger partial charge on any atom is 0.283 e. The molecule has 0 bridgehead atoms. The van der Waals surface area contributed by atoms with E-state index in [4.69, 9.17) is 11.6 Å². The van der Waals surface area contributed by atoms with Crippen molar-refractivity contribution in [3.05, 3.63) is 33.9 Å². The highest BCUT2D eigenvalue weighted by Gasteiger charge is 2.32. The fourth-order valence-electron chi connectivity index (χ4n) is 2.80. The van der Waals surface area contributed by atoms with Crippen LogP contribution in [0.4, 0.5) is 17.6 Å². The predicted octanol–water partition coefficient (Wildman–Crippen LogP) is 4.37. The minimum Gasteiger partial charge on any atom is -0.348 e. The summed E-state index contributed by atoms with van der Waals surface area (Å²) in [6, 6.07) is -1.72. The molecule has 2 aromatic heterocycles. The zero-order valence-electron chi connectivity index (χ0n) is 15.2. The molecule has 0 saturated heterocycles. The summed E-state index contributed by atoms with van der Waals surface area (Å²) in [5.41, 5.74) is -0.261. The summed E-state index contributed by atoms with van der Waals surface area (Å²) in [6.45, 7) is 7.42. The molecule has 0 aliphatic rings. The van der Waals surface area contributed by atoms with Gasteiger partial charge in [-0.3, -0.25) is 9.48 Å². The number of aromatic nitrogens is 4. The third kappa shape index (κ3) is 4.10. The van der Waals surface area contributed by atoms with Gasteiger partial charge < -0.3 is 5.32 Å². The Kier molecular flexibility index (Phi) is 6.50. The molecule has 0 aromatic carbocycles. The number of aryl methyl sites for hydroxylation is 1. The average molecular weight is 410 g/mol. The topological polar surface area (TPSA) is 64.7 Å². The van der Waals surface area contributed by atoms with Crippen molar-refractivity contribution < 1.29 is 22.4 Å². The SMILES string of the molecule is CCn1ncc(C(C)NC(=O)C(C)n2nc(C(F)F)c(Cl)c2C(F)F)c1C. The number of hydrogen-bond donors (Lipinski definition) is 1. The Labute approximate surface area is 158 Å². The number of amides is 1. The van der Waals surface area contributed by atoms with E-state index in [9.17, 15) is 22.4 Å². The molecule has 2 atom stereocenters. The van der Waals surface area contributed by atoms with Gasteiger partial charge in [-0.15, -0.1) is 0 Å². The Hall–Kier alpha value is -2.10. The van der Waals surface area contributed by atoms with Crippen molar-refractivity contribution in [2.45, 2.75) is 59.2 Å². The van der Waals surface area contributed by atoms with Crippen molar-refractivity contribution in [2.24, 2.45) is 0 Å². The molecule has 11 heteroatoms. The standard InChI is InChI=1S/C16H20ClF4N5O/c1-5-25-8(3)10(6-22-25)7(2)23-16(27)9(4)26-13(15(20)21)11(17)12(24-26)14(18)19/h6-7,9,14-15H,5H2,1-4H3,(H,23,27). The fourth-order valence-corrected chi connectivity index (χ4v) is 3.09. The normalized spacial score (nSPS) is 14.0. The summed E-state index contributed by atoms with van der Waals surface area (Å²) < 4.78 is 54.8. The van der Waals surface area contributed by atoms with Crippen LogP contribution in [-0.2, 0) is 11.3 Å². The molecule has 2 aromatic rings. The van der Waals surface area contributed by atoms with Gasteiger partial charge in [-0.05, 0) is 27.7 Å². The van der Waals surface area contributed by atoms with Crippen LogP contribution in [0, 0.1) is 6.92 Å². The fraction of sp³-hybridized carbons (Fsp3) is 0.562. The highest BCUT2D eigenvalue weighted by atomic mass is 35.5. The van der Waals surface area contributed by atoms with Crippen molar-refractivity contribution in [3.8, 4) is 0 Å². The molecule has 2 heterocycles. The van der Waals surface area contributed by atoms with E-state index in [0.717, 1.165) is 11.3 Å². The van der Waals surface area contributed by atoms with Crippen LogP contribution in [0.15, 0.2) is 6.20 Å². The van der Waals surface area contributed by atoms with Crippen LogP contribution in [0.5, 0.6) is 0 Å². The largest absolute Gasteiger partial charge is 0.348 e. The number of rotatable bonds is 7. The van der Waals surface area contributed by atoms with E-state index < -0.39 is 47.3 Å². The summed E-state index contributed by atoms with van der Waals surface area (Å²) in [7, 11) is 0. The lowest BCUT2D eigenvalue weighted by Crippen LogP contribution is -2.34. The highest BCUT2D eigenvalue weighted by molar-refractivity contribution is 6.32. The molecular weight excluding hydrogens is 390 g/mol. The maximum atomic E-state index is 13.3. The van der Waals surface area contributed by atoms with Crippen LogP contribution in [0.3, 0.4) is 0 Å². The van der Waals surface area contributed by atoms with Crippen LogP contribution >= 0.6 is 11.6 Å². The molecule has 1 amide bonds. The Bertz CT molecular complexity index is 820. The molecule has 150 valence electrons. The summed E-state index contributed by atoms with van der Waals surface area (Å²) in [4.78, 5) is 12.5. The van der Waals surface area contributed by atoms with E-state index >= 15 is 0 Å². The molecule has 2 rings (SSSR count). The molecule has 0 fully saturated rings. The van der Waals surface area contributed by atoms with E-state index in [1.54, 1.807) is 17.8 Å². The minimum atomic E-state index is -3.16. The van der Waals surface area contributed by atoms with E-state index in [1.165, 1.54) is 6.92 Å². The molecule has 0 aliphatic carbocycles. The van der Waals surface area contributed by atoms with Crippen molar-refractivity contribution in [2.75, 3.05) is 0 Å². The van der Waals surface area contributed by atoms with Gasteiger partial charge in [-0.2, -0.15) is 10.2 Å². The summed E-state index contributed by atoms with van der Waals surface area (Å²) in [5, 5.41) is 9.47. The van der Waals surface area contributed by atoms with E-state index in [-0.39, 0.29) is 0 Å². The first-order valence-corrected chi connectivity index (χ1v) is 8.64. The lowest BCUT2D eigenvalue weighted by molar-refractivity contribution is -0.125. The Morgan fingerprint density at radius 3 is 2.37 bits per heavy atom. The lowest BCUT2D eigenvalue weighted by atomic mass is 10.1. The number of hydrogen-bond acceptors (Lipinski definition) is 3. The first-order valence-electron chi connectivity index (χ1n) is 8.26. The van der Waals surface area contributed by atoms with Gasteiger partial charge in [0.25, 0.3) is 12.9 Å². The van der Waals surface area contributed by atoms with E-state index in [0.29, 0.717) is 11.2 Å². The van der Waals surface area contributed by atoms with Crippen LogP contribution < -0.4 is 5.32 Å². The average Bonchev–Trinajstić information content (AvgIpc) is 3.13. The first kappa shape index (κ1) is 21.2. The third-order valence-corrected chi connectivity index (χ3v) is 4.72. The second kappa shape index (κ2) is 8.28. The van der Waals surface area contributed by atoms with Gasteiger partial charge in [0, 0.05) is 17.8 Å². The molecular formula is C16H20ClF4N5O. The summed E-state index contributed by atoms with van der Waals surface area (Å²) in [5.74, 6) is -0.659. The Morgan fingerprint density at radius 2 is 1.89 bits per heavy atom. The van der Waals surface area contributed by atoms with Crippen LogP contribution in [0.2, 0.25) is 5.02 Å². The lowest BCUT2D eigenvalue weighted by Gasteiger charge is -2.19. The number of nitrogens with one attached hydrogen (secondary N) is 1. The Morgan fingerprint density at radius 1 is 1.26 bits per heavy atom. The zero-order valence-corrected chi connectivity index (χ0v) is 15.9. The van der Waals surface area contributed by atoms with Crippen LogP contribution in [0.25, 0.3) is 0 Å². The van der Waals surface area contributed by atoms with Gasteiger partial charge in [-0.1, -0.05) is 11.6 Å². The molecule has 27 heavy (non-hydrogen) atoms. The number of alkyl halides is 4. The highest BCUT2D eigenvalue weighted by Crippen LogP contribution is 2.36. The monoisotopic (exact) mass is 409 g/mol. The van der Waals surface area contributed by atoms with Crippen molar-refractivity contribution in [3.63, 3.8) is 0 Å². The molecule has 0 aliphatic heterocycles. The second-order valence-electron chi connectivity index (χ2n) is 6.04. The summed E-state index contributed by atoms with van der Waals surface area (Å²) in [6.07, 6.45) is -4.68. The van der Waals surface area contributed by atoms with Crippen molar-refractivity contribution in [1.82, 2.24) is 24.9 Å². The van der Waals surface area contributed by atoms with Gasteiger partial charge in [0.05, 0.1) is 17.3 Å². The molecule has 0 spiro atoms. The van der Waals surface area contributed by atoms with Crippen LogP contribution in [-0.4, -0.2) is 25.5 Å². The Balaban J connectivity index is 2.26. The van der Waals surface area contributed by atoms with Crippen LogP contribution in [0.1, 0.15) is 68.4 Å². The molecule has 0 saturated carbocycles. The zero-order chi connectivity index (χ0) is 20.5. The molecule has 1 N–H and O–H groups in total. The number of nitrogens with zero attached hydrogens (tertiary/aromatic N) is 4. The molecule has 6 nitrogen and oxygen atoms in total. The van der Waals surface area contributed by atoms with E-state index in [2.05, 4.69) is 15.5 Å². The quantitative estimate of drug-likeness (QED) is 0.690. The van der Waals surface area contributed by atoms with Gasteiger partial charge >= 0.3 is 0 Å². The van der Waals surface area contributed by atoms with Gasteiger partial charge in [0.1, 0.15) is 17.4 Å². The minimum absolute atomic E-state index is 0.462.